The lowest BCUT2D eigenvalue weighted by molar-refractivity contribution is -0.141. The van der Waals surface area contributed by atoms with E-state index in [-0.39, 0.29) is 10.3 Å². The molecule has 0 saturated heterocycles. The zero-order chi connectivity index (χ0) is 20.8. The van der Waals surface area contributed by atoms with Crippen LogP contribution in [0.3, 0.4) is 0 Å². The molecule has 0 atom stereocenters. The molecule has 0 aliphatic rings. The standard InChI is InChI=1S/C16H9BrClF5N4O/c1-26-15(18)11(13(25-26)16(21,22)23)12(28)14(17)27-6-5-9(24-27)10-7(19)3-2-4-8(10)20/h2-6,28H,1H3/b14-12-. The van der Waals surface area contributed by atoms with Crippen LogP contribution in [0.15, 0.2) is 30.5 Å². The van der Waals surface area contributed by atoms with Crippen molar-refractivity contribution in [1.82, 2.24) is 19.6 Å². The minimum atomic E-state index is -4.88. The van der Waals surface area contributed by atoms with Crippen molar-refractivity contribution in [3.05, 3.63) is 58.5 Å². The molecule has 2 heterocycles. The fraction of sp³-hybridized carbons (Fsp3) is 0.125. The van der Waals surface area contributed by atoms with Crippen molar-refractivity contribution in [1.29, 1.82) is 0 Å². The van der Waals surface area contributed by atoms with Gasteiger partial charge < -0.3 is 5.11 Å². The van der Waals surface area contributed by atoms with E-state index in [9.17, 15) is 27.1 Å². The molecule has 0 aliphatic carbocycles. The number of alkyl halides is 3. The topological polar surface area (TPSA) is 55.9 Å². The molecule has 3 rings (SSSR count). The fourth-order valence-electron chi connectivity index (χ4n) is 2.43. The first-order valence-electron chi connectivity index (χ1n) is 7.41. The van der Waals surface area contributed by atoms with Crippen LogP contribution in [0.5, 0.6) is 0 Å². The fourth-order valence-corrected chi connectivity index (χ4v) is 3.05. The van der Waals surface area contributed by atoms with Crippen molar-refractivity contribution >= 4 is 37.9 Å². The van der Waals surface area contributed by atoms with Crippen molar-refractivity contribution in [2.24, 2.45) is 7.05 Å². The van der Waals surface area contributed by atoms with Crippen LogP contribution in [0.25, 0.3) is 21.6 Å². The number of rotatable bonds is 3. The Labute approximate surface area is 167 Å². The van der Waals surface area contributed by atoms with Gasteiger partial charge in [0, 0.05) is 13.2 Å². The normalized spacial score (nSPS) is 13.0. The van der Waals surface area contributed by atoms with Gasteiger partial charge in [-0.05, 0) is 34.1 Å². The number of nitrogens with zero attached hydrogens (tertiary/aromatic N) is 4. The van der Waals surface area contributed by atoms with Gasteiger partial charge in [0.2, 0.25) is 0 Å². The Morgan fingerprint density at radius 1 is 1.14 bits per heavy atom. The average Bonchev–Trinajstić information content (AvgIpc) is 3.19. The van der Waals surface area contributed by atoms with Crippen molar-refractivity contribution < 1.29 is 27.1 Å². The third-order valence-electron chi connectivity index (χ3n) is 3.69. The minimum Gasteiger partial charge on any atom is -0.504 e. The van der Waals surface area contributed by atoms with E-state index in [4.69, 9.17) is 11.6 Å². The van der Waals surface area contributed by atoms with Crippen LogP contribution in [-0.2, 0) is 13.2 Å². The van der Waals surface area contributed by atoms with E-state index in [1.807, 2.05) is 0 Å². The van der Waals surface area contributed by atoms with Crippen molar-refractivity contribution in [3.63, 3.8) is 0 Å². The van der Waals surface area contributed by atoms with Crippen LogP contribution in [-0.4, -0.2) is 24.7 Å². The lowest BCUT2D eigenvalue weighted by Crippen LogP contribution is -2.10. The largest absolute Gasteiger partial charge is 0.504 e. The molecule has 0 fully saturated rings. The molecule has 0 spiro atoms. The number of benzene rings is 1. The Hall–Kier alpha value is -2.40. The van der Waals surface area contributed by atoms with Crippen molar-refractivity contribution in [2.75, 3.05) is 0 Å². The molecule has 0 amide bonds. The van der Waals surface area contributed by atoms with Crippen LogP contribution in [0.1, 0.15) is 11.3 Å². The number of aryl methyl sites for hydroxylation is 1. The Balaban J connectivity index is 2.12. The summed E-state index contributed by atoms with van der Waals surface area (Å²) in [4.78, 5) is 0. The van der Waals surface area contributed by atoms with E-state index in [0.717, 1.165) is 21.5 Å². The van der Waals surface area contributed by atoms with Crippen LogP contribution in [0.4, 0.5) is 22.0 Å². The van der Waals surface area contributed by atoms with Gasteiger partial charge in [-0.25, -0.2) is 13.5 Å². The zero-order valence-corrected chi connectivity index (χ0v) is 16.1. The number of aliphatic hydroxyl groups excluding tert-OH is 1. The van der Waals surface area contributed by atoms with E-state index >= 15 is 0 Å². The molecule has 3 aromatic rings. The highest BCUT2D eigenvalue weighted by atomic mass is 79.9. The highest BCUT2D eigenvalue weighted by molar-refractivity contribution is 9.15. The second-order valence-corrected chi connectivity index (χ2v) is 6.63. The summed E-state index contributed by atoms with van der Waals surface area (Å²) in [7, 11) is 1.18. The number of aromatic nitrogens is 4. The van der Waals surface area contributed by atoms with Crippen LogP contribution in [0.2, 0.25) is 5.15 Å². The Morgan fingerprint density at radius 2 is 1.75 bits per heavy atom. The number of halogens is 7. The zero-order valence-electron chi connectivity index (χ0n) is 13.8. The van der Waals surface area contributed by atoms with Gasteiger partial charge in [0.05, 0.1) is 16.8 Å². The van der Waals surface area contributed by atoms with Crippen molar-refractivity contribution in [3.8, 4) is 11.3 Å². The Kier molecular flexibility index (Phi) is 5.24. The van der Waals surface area contributed by atoms with Crippen LogP contribution < -0.4 is 0 Å². The monoisotopic (exact) mass is 482 g/mol. The first kappa shape index (κ1) is 20.3. The third-order valence-corrected chi connectivity index (χ3v) is 4.86. The Bertz CT molecular complexity index is 1070. The molecule has 2 aromatic heterocycles. The summed E-state index contributed by atoms with van der Waals surface area (Å²) in [5, 5.41) is 17.1. The molecule has 12 heteroatoms. The maximum atomic E-state index is 13.9. The van der Waals surface area contributed by atoms with Crippen LogP contribution >= 0.6 is 27.5 Å². The summed E-state index contributed by atoms with van der Waals surface area (Å²) in [6.45, 7) is 0. The summed E-state index contributed by atoms with van der Waals surface area (Å²) in [6, 6.07) is 4.47. The van der Waals surface area contributed by atoms with Crippen LogP contribution in [0, 0.1) is 11.6 Å². The predicted octanol–water partition coefficient (Wildman–Crippen LogP) is 5.47. The van der Waals surface area contributed by atoms with Gasteiger partial charge in [0.15, 0.2) is 11.5 Å². The van der Waals surface area contributed by atoms with Gasteiger partial charge in [-0.15, -0.1) is 0 Å². The van der Waals surface area contributed by atoms with Crippen molar-refractivity contribution in [2.45, 2.75) is 6.18 Å². The molecular formula is C16H9BrClF5N4O. The SMILES string of the molecule is Cn1nc(C(F)(F)F)c(/C(O)=C(\Br)n2ccc(-c3c(F)cccc3F)n2)c1Cl. The first-order valence-corrected chi connectivity index (χ1v) is 8.58. The molecule has 0 saturated carbocycles. The van der Waals surface area contributed by atoms with Gasteiger partial charge >= 0.3 is 6.18 Å². The Morgan fingerprint density at radius 3 is 2.32 bits per heavy atom. The van der Waals surface area contributed by atoms with E-state index in [1.165, 1.54) is 25.4 Å². The molecule has 28 heavy (non-hydrogen) atoms. The quantitative estimate of drug-likeness (QED) is 0.397. The number of aliphatic hydroxyl groups is 1. The van der Waals surface area contributed by atoms with Gasteiger partial charge in [-0.3, -0.25) is 4.68 Å². The predicted molar refractivity (Wildman–Crippen MR) is 95.5 cm³/mol. The molecule has 5 nitrogen and oxygen atoms in total. The van der Waals surface area contributed by atoms with E-state index in [1.54, 1.807) is 0 Å². The molecule has 148 valence electrons. The summed E-state index contributed by atoms with van der Waals surface area (Å²) >= 11 is 8.78. The summed E-state index contributed by atoms with van der Waals surface area (Å²) in [6.07, 6.45) is -3.69. The molecule has 0 radical (unpaired) electrons. The smallest absolute Gasteiger partial charge is 0.435 e. The maximum Gasteiger partial charge on any atom is 0.435 e. The summed E-state index contributed by atoms with van der Waals surface area (Å²) in [5.41, 5.74) is -2.72. The summed E-state index contributed by atoms with van der Waals surface area (Å²) in [5.74, 6) is -2.65. The molecule has 1 N–H and O–H groups in total. The molecule has 0 unspecified atom stereocenters. The second kappa shape index (κ2) is 7.21. The van der Waals surface area contributed by atoms with Gasteiger partial charge in [-0.2, -0.15) is 23.4 Å². The van der Waals surface area contributed by atoms with Gasteiger partial charge in [0.1, 0.15) is 21.4 Å². The van der Waals surface area contributed by atoms with E-state index in [2.05, 4.69) is 26.1 Å². The summed E-state index contributed by atoms with van der Waals surface area (Å²) < 4.78 is 68.7. The maximum absolute atomic E-state index is 13.9. The molecule has 1 aromatic carbocycles. The first-order chi connectivity index (χ1) is 13.0. The van der Waals surface area contributed by atoms with E-state index < -0.39 is 45.5 Å². The highest BCUT2D eigenvalue weighted by Crippen LogP contribution is 2.39. The number of hydrogen-bond donors (Lipinski definition) is 1. The lowest BCUT2D eigenvalue weighted by Gasteiger charge is -2.08. The minimum absolute atomic E-state index is 0.131. The molecular weight excluding hydrogens is 475 g/mol. The average molecular weight is 484 g/mol. The van der Waals surface area contributed by atoms with E-state index in [0.29, 0.717) is 0 Å². The third kappa shape index (κ3) is 3.51. The van der Waals surface area contributed by atoms with Gasteiger partial charge in [-0.1, -0.05) is 17.7 Å². The second-order valence-electron chi connectivity index (χ2n) is 5.52. The molecule has 0 aliphatic heterocycles. The lowest BCUT2D eigenvalue weighted by atomic mass is 10.1. The number of hydrogen-bond acceptors (Lipinski definition) is 3. The highest BCUT2D eigenvalue weighted by Gasteiger charge is 2.40. The molecule has 0 bridgehead atoms. The van der Waals surface area contributed by atoms with Gasteiger partial charge in [0.25, 0.3) is 0 Å².